The van der Waals surface area contributed by atoms with E-state index in [0.29, 0.717) is 32.0 Å². The van der Waals surface area contributed by atoms with Crippen LogP contribution in [-0.2, 0) is 6.42 Å². The highest BCUT2D eigenvalue weighted by Gasteiger charge is 2.34. The Bertz CT molecular complexity index is 804. The lowest BCUT2D eigenvalue weighted by molar-refractivity contribution is -0.143. The van der Waals surface area contributed by atoms with Crippen molar-refractivity contribution in [3.63, 3.8) is 0 Å². The van der Waals surface area contributed by atoms with Gasteiger partial charge in [-0.25, -0.2) is 4.98 Å². The highest BCUT2D eigenvalue weighted by molar-refractivity contribution is 14.0. The lowest BCUT2D eigenvalue weighted by atomic mass is 10.3. The Balaban J connectivity index is 0.00000280. The normalized spacial score (nSPS) is 18.3. The van der Waals surface area contributed by atoms with Gasteiger partial charge in [0.05, 0.1) is 12.2 Å². The van der Waals surface area contributed by atoms with Gasteiger partial charge in [-0.2, -0.15) is 13.2 Å². The van der Waals surface area contributed by atoms with Crippen molar-refractivity contribution in [3.05, 3.63) is 35.8 Å². The molecule has 0 bridgehead atoms. The standard InChI is InChI=1S/C18H25F3N6.HI/c1-13-4-3-8-27-11-14(24-16(13)27)5-7-23-17(22-2)25-15-6-9-26(10-15)12-18(19,20)21;/h3-4,8,11,15H,5-7,9-10,12H2,1-2H3,(H2,22,23,25);1H. The fourth-order valence-corrected chi connectivity index (χ4v) is 3.37. The van der Waals surface area contributed by atoms with Crippen LogP contribution in [0.4, 0.5) is 13.2 Å². The first-order chi connectivity index (χ1) is 12.8. The molecule has 10 heteroatoms. The van der Waals surface area contributed by atoms with Crippen LogP contribution in [0.1, 0.15) is 17.7 Å². The summed E-state index contributed by atoms with van der Waals surface area (Å²) in [6, 6.07) is 3.98. The van der Waals surface area contributed by atoms with Gasteiger partial charge in [0.25, 0.3) is 0 Å². The molecule has 3 heterocycles. The topological polar surface area (TPSA) is 57.0 Å². The first-order valence-corrected chi connectivity index (χ1v) is 9.03. The van der Waals surface area contributed by atoms with Crippen molar-refractivity contribution in [2.45, 2.75) is 32.0 Å². The maximum atomic E-state index is 12.5. The predicted molar refractivity (Wildman–Crippen MR) is 114 cm³/mol. The molecular weight excluding hydrogens is 484 g/mol. The molecule has 28 heavy (non-hydrogen) atoms. The Labute approximate surface area is 179 Å². The number of nitrogens with one attached hydrogen (secondary N) is 2. The van der Waals surface area contributed by atoms with E-state index in [1.54, 1.807) is 7.05 Å². The lowest BCUT2D eigenvalue weighted by Crippen LogP contribution is -2.45. The zero-order chi connectivity index (χ0) is 19.4. The van der Waals surface area contributed by atoms with Gasteiger partial charge in [-0.15, -0.1) is 24.0 Å². The number of nitrogens with zero attached hydrogens (tertiary/aromatic N) is 4. The number of fused-ring (bicyclic) bond motifs is 1. The second-order valence-electron chi connectivity index (χ2n) is 6.88. The molecule has 1 atom stereocenters. The molecule has 0 amide bonds. The van der Waals surface area contributed by atoms with Crippen molar-refractivity contribution in [1.29, 1.82) is 0 Å². The summed E-state index contributed by atoms with van der Waals surface area (Å²) >= 11 is 0. The highest BCUT2D eigenvalue weighted by atomic mass is 127. The van der Waals surface area contributed by atoms with Crippen LogP contribution in [0.25, 0.3) is 5.65 Å². The van der Waals surface area contributed by atoms with Gasteiger partial charge in [-0.1, -0.05) is 6.07 Å². The summed E-state index contributed by atoms with van der Waals surface area (Å²) in [7, 11) is 1.66. The van der Waals surface area contributed by atoms with Crippen molar-refractivity contribution in [3.8, 4) is 0 Å². The van der Waals surface area contributed by atoms with Crippen molar-refractivity contribution >= 4 is 35.6 Å². The zero-order valence-electron chi connectivity index (χ0n) is 16.0. The minimum Gasteiger partial charge on any atom is -0.356 e. The molecule has 0 radical (unpaired) electrons. The lowest BCUT2D eigenvalue weighted by Gasteiger charge is -2.19. The second kappa shape index (κ2) is 9.77. The monoisotopic (exact) mass is 510 g/mol. The summed E-state index contributed by atoms with van der Waals surface area (Å²) < 4.78 is 39.5. The first-order valence-electron chi connectivity index (χ1n) is 9.03. The Morgan fingerprint density at radius 1 is 1.39 bits per heavy atom. The molecule has 0 aromatic carbocycles. The number of imidazole rings is 1. The number of hydrogen-bond acceptors (Lipinski definition) is 3. The highest BCUT2D eigenvalue weighted by Crippen LogP contribution is 2.19. The SMILES string of the molecule is CN=C(NCCc1cn2cccc(C)c2n1)NC1CCN(CC(F)(F)F)C1.I. The van der Waals surface area contributed by atoms with Gasteiger partial charge < -0.3 is 15.0 Å². The molecule has 2 aromatic rings. The Hall–Kier alpha value is -1.56. The number of likely N-dealkylation sites (tertiary alicyclic amines) is 1. The average Bonchev–Trinajstić information content (AvgIpc) is 3.19. The average molecular weight is 510 g/mol. The van der Waals surface area contributed by atoms with Gasteiger partial charge in [-0.3, -0.25) is 9.89 Å². The molecule has 1 saturated heterocycles. The summed E-state index contributed by atoms with van der Waals surface area (Å²) in [6.45, 7) is 2.62. The van der Waals surface area contributed by atoms with Crippen LogP contribution < -0.4 is 10.6 Å². The molecule has 1 aliphatic rings. The molecule has 1 fully saturated rings. The molecule has 0 aliphatic carbocycles. The molecule has 1 aliphatic heterocycles. The van der Waals surface area contributed by atoms with Gasteiger partial charge >= 0.3 is 6.18 Å². The quantitative estimate of drug-likeness (QED) is 0.369. The van der Waals surface area contributed by atoms with Crippen LogP contribution >= 0.6 is 24.0 Å². The van der Waals surface area contributed by atoms with Crippen LogP contribution in [0, 0.1) is 6.92 Å². The third-order valence-corrected chi connectivity index (χ3v) is 4.64. The van der Waals surface area contributed by atoms with E-state index in [1.165, 1.54) is 4.90 Å². The molecule has 6 nitrogen and oxygen atoms in total. The number of pyridine rings is 1. The number of halogens is 4. The van der Waals surface area contributed by atoms with Gasteiger partial charge in [-0.05, 0) is 25.0 Å². The Kier molecular flexibility index (Phi) is 7.93. The fourth-order valence-electron chi connectivity index (χ4n) is 3.37. The molecule has 3 rings (SSSR count). The summed E-state index contributed by atoms with van der Waals surface area (Å²) in [5.41, 5.74) is 3.05. The Morgan fingerprint density at radius 2 is 2.18 bits per heavy atom. The summed E-state index contributed by atoms with van der Waals surface area (Å²) in [5.74, 6) is 0.605. The molecule has 0 spiro atoms. The smallest absolute Gasteiger partial charge is 0.356 e. The molecule has 2 N–H and O–H groups in total. The Morgan fingerprint density at radius 3 is 2.86 bits per heavy atom. The first kappa shape index (κ1) is 22.7. The minimum atomic E-state index is -4.15. The van der Waals surface area contributed by atoms with Gasteiger partial charge in [0.15, 0.2) is 5.96 Å². The van der Waals surface area contributed by atoms with Crippen molar-refractivity contribution < 1.29 is 13.2 Å². The van der Waals surface area contributed by atoms with Gasteiger partial charge in [0.2, 0.25) is 0 Å². The number of guanidine groups is 1. The number of aliphatic imine (C=N–C) groups is 1. The summed E-state index contributed by atoms with van der Waals surface area (Å²) in [5, 5.41) is 6.42. The number of rotatable bonds is 5. The molecular formula is C18H26F3IN6. The van der Waals surface area contributed by atoms with Gasteiger partial charge in [0, 0.05) is 51.5 Å². The number of alkyl halides is 3. The van der Waals surface area contributed by atoms with Crippen LogP contribution in [0.2, 0.25) is 0 Å². The van der Waals surface area contributed by atoms with E-state index in [-0.39, 0.29) is 30.0 Å². The maximum Gasteiger partial charge on any atom is 0.401 e. The zero-order valence-corrected chi connectivity index (χ0v) is 18.3. The van der Waals surface area contributed by atoms with Crippen LogP contribution in [0.5, 0.6) is 0 Å². The summed E-state index contributed by atoms with van der Waals surface area (Å²) in [4.78, 5) is 10.2. The van der Waals surface area contributed by atoms with Crippen molar-refractivity contribution in [2.24, 2.45) is 4.99 Å². The number of hydrogen-bond donors (Lipinski definition) is 2. The van der Waals surface area contributed by atoms with Crippen molar-refractivity contribution in [2.75, 3.05) is 33.2 Å². The van der Waals surface area contributed by atoms with Crippen LogP contribution in [0.3, 0.4) is 0 Å². The minimum absolute atomic E-state index is 0. The van der Waals surface area contributed by atoms with Crippen molar-refractivity contribution in [1.82, 2.24) is 24.9 Å². The van der Waals surface area contributed by atoms with E-state index in [4.69, 9.17) is 0 Å². The van der Waals surface area contributed by atoms with E-state index >= 15 is 0 Å². The third kappa shape index (κ3) is 6.23. The van der Waals surface area contributed by atoms with E-state index in [1.807, 2.05) is 35.9 Å². The van der Waals surface area contributed by atoms with E-state index in [9.17, 15) is 13.2 Å². The summed E-state index contributed by atoms with van der Waals surface area (Å²) in [6.07, 6.45) is 1.22. The van der Waals surface area contributed by atoms with E-state index < -0.39 is 12.7 Å². The van der Waals surface area contributed by atoms with Gasteiger partial charge in [0.1, 0.15) is 5.65 Å². The van der Waals surface area contributed by atoms with E-state index in [0.717, 1.165) is 23.3 Å². The molecule has 2 aromatic heterocycles. The third-order valence-electron chi connectivity index (χ3n) is 4.64. The number of aryl methyl sites for hydroxylation is 1. The fraction of sp³-hybridized carbons (Fsp3) is 0.556. The molecule has 0 saturated carbocycles. The second-order valence-corrected chi connectivity index (χ2v) is 6.88. The largest absolute Gasteiger partial charge is 0.401 e. The number of aromatic nitrogens is 2. The maximum absolute atomic E-state index is 12.5. The van der Waals surface area contributed by atoms with E-state index in [2.05, 4.69) is 20.6 Å². The molecule has 1 unspecified atom stereocenters. The molecule has 156 valence electrons. The van der Waals surface area contributed by atoms with Crippen LogP contribution in [0.15, 0.2) is 29.5 Å². The predicted octanol–water partition coefficient (Wildman–Crippen LogP) is 2.60. The van der Waals surface area contributed by atoms with Crippen LogP contribution in [-0.4, -0.2) is 65.7 Å².